The van der Waals surface area contributed by atoms with Crippen molar-refractivity contribution in [1.29, 1.82) is 0 Å². The Labute approximate surface area is 145 Å². The van der Waals surface area contributed by atoms with Crippen molar-refractivity contribution >= 4 is 49.1 Å². The van der Waals surface area contributed by atoms with Gasteiger partial charge in [0.05, 0.1) is 23.7 Å². The van der Waals surface area contributed by atoms with Gasteiger partial charge in [0.25, 0.3) is 0 Å². The molecule has 0 aliphatic carbocycles. The highest BCUT2D eigenvalue weighted by molar-refractivity contribution is 9.11. The topological polar surface area (TPSA) is 30.5 Å². The van der Waals surface area contributed by atoms with E-state index in [2.05, 4.69) is 37.2 Å². The first-order chi connectivity index (χ1) is 10.0. The quantitative estimate of drug-likeness (QED) is 0.673. The lowest BCUT2D eigenvalue weighted by atomic mass is 10.2. The summed E-state index contributed by atoms with van der Waals surface area (Å²) in [6.07, 6.45) is 0. The summed E-state index contributed by atoms with van der Waals surface area (Å²) in [5.41, 5.74) is 1.95. The third kappa shape index (κ3) is 4.05. The summed E-state index contributed by atoms with van der Waals surface area (Å²) in [5, 5.41) is 3.89. The van der Waals surface area contributed by atoms with Gasteiger partial charge in [0.15, 0.2) is 0 Å². The fourth-order valence-corrected chi connectivity index (χ4v) is 3.68. The van der Waals surface area contributed by atoms with Gasteiger partial charge >= 0.3 is 0 Å². The van der Waals surface area contributed by atoms with Gasteiger partial charge in [0, 0.05) is 22.3 Å². The highest BCUT2D eigenvalue weighted by Crippen LogP contribution is 2.33. The molecule has 0 bridgehead atoms. The van der Waals surface area contributed by atoms with Gasteiger partial charge in [-0.25, -0.2) is 0 Å². The Bertz CT molecular complexity index is 650. The number of hydrogen-bond acceptors (Lipinski definition) is 3. The normalized spacial score (nSPS) is 10.3. The molecule has 3 nitrogen and oxygen atoms in total. The highest BCUT2D eigenvalue weighted by Gasteiger charge is 2.09. The first-order valence-corrected chi connectivity index (χ1v) is 8.11. The van der Waals surface area contributed by atoms with Crippen LogP contribution in [-0.4, -0.2) is 14.2 Å². The van der Waals surface area contributed by atoms with Crippen LogP contribution in [-0.2, 0) is 6.54 Å². The lowest BCUT2D eigenvalue weighted by Gasteiger charge is -2.13. The van der Waals surface area contributed by atoms with Crippen molar-refractivity contribution in [3.8, 4) is 11.5 Å². The Morgan fingerprint density at radius 3 is 2.48 bits per heavy atom. The minimum absolute atomic E-state index is 0.574. The van der Waals surface area contributed by atoms with Crippen molar-refractivity contribution in [3.63, 3.8) is 0 Å². The number of methoxy groups -OCH3 is 2. The second-order valence-electron chi connectivity index (χ2n) is 4.28. The second-order valence-corrected chi connectivity index (χ2v) is 6.46. The molecule has 0 aromatic heterocycles. The SMILES string of the molecule is COc1ccc(NCc2cc(Br)cc(Br)c2OC)cc1Cl. The third-order valence-corrected chi connectivity index (χ3v) is 4.27. The maximum Gasteiger partial charge on any atom is 0.138 e. The van der Waals surface area contributed by atoms with E-state index in [1.165, 1.54) is 0 Å². The van der Waals surface area contributed by atoms with E-state index in [4.69, 9.17) is 21.1 Å². The lowest BCUT2D eigenvalue weighted by molar-refractivity contribution is 0.407. The largest absolute Gasteiger partial charge is 0.495 e. The minimum Gasteiger partial charge on any atom is -0.495 e. The van der Waals surface area contributed by atoms with Gasteiger partial charge in [0.2, 0.25) is 0 Å². The van der Waals surface area contributed by atoms with Crippen LogP contribution in [0.15, 0.2) is 39.3 Å². The average Bonchev–Trinajstić information content (AvgIpc) is 2.44. The predicted octanol–water partition coefficient (Wildman–Crippen LogP) is 5.49. The zero-order chi connectivity index (χ0) is 15.4. The molecule has 0 amide bonds. The van der Waals surface area contributed by atoms with Crippen molar-refractivity contribution in [2.75, 3.05) is 19.5 Å². The molecule has 0 heterocycles. The van der Waals surface area contributed by atoms with Gasteiger partial charge in [-0.2, -0.15) is 0 Å². The molecular weight excluding hydrogens is 421 g/mol. The Hall–Kier alpha value is -0.910. The number of benzene rings is 2. The molecule has 0 aliphatic heterocycles. The number of halogens is 3. The summed E-state index contributed by atoms with van der Waals surface area (Å²) < 4.78 is 12.5. The maximum atomic E-state index is 6.12. The number of anilines is 1. The molecule has 0 fully saturated rings. The first kappa shape index (κ1) is 16.5. The van der Waals surface area contributed by atoms with Gasteiger partial charge < -0.3 is 14.8 Å². The van der Waals surface area contributed by atoms with Crippen LogP contribution in [0.2, 0.25) is 5.02 Å². The van der Waals surface area contributed by atoms with Crippen LogP contribution in [0.1, 0.15) is 5.56 Å². The Morgan fingerprint density at radius 2 is 1.86 bits per heavy atom. The molecule has 2 aromatic carbocycles. The van der Waals surface area contributed by atoms with Crippen molar-refractivity contribution < 1.29 is 9.47 Å². The minimum atomic E-state index is 0.574. The molecule has 1 N–H and O–H groups in total. The van der Waals surface area contributed by atoms with Crippen LogP contribution in [0.3, 0.4) is 0 Å². The van der Waals surface area contributed by atoms with Gasteiger partial charge in [-0.3, -0.25) is 0 Å². The van der Waals surface area contributed by atoms with Gasteiger partial charge in [-0.1, -0.05) is 27.5 Å². The number of ether oxygens (including phenoxy) is 2. The molecule has 0 spiro atoms. The number of nitrogens with one attached hydrogen (secondary N) is 1. The van der Waals surface area contributed by atoms with Gasteiger partial charge in [-0.15, -0.1) is 0 Å². The standard InChI is InChI=1S/C15H14Br2ClNO2/c1-20-14-4-3-11(7-13(14)18)19-8-9-5-10(16)6-12(17)15(9)21-2/h3-7,19H,8H2,1-2H3. The molecule has 0 unspecified atom stereocenters. The Kier molecular flexibility index (Phi) is 5.79. The van der Waals surface area contributed by atoms with E-state index >= 15 is 0 Å². The van der Waals surface area contributed by atoms with Crippen molar-refractivity contribution in [2.24, 2.45) is 0 Å². The summed E-state index contributed by atoms with van der Waals surface area (Å²) in [6.45, 7) is 0.615. The van der Waals surface area contributed by atoms with Crippen LogP contribution < -0.4 is 14.8 Å². The fraction of sp³-hybridized carbons (Fsp3) is 0.200. The Morgan fingerprint density at radius 1 is 1.10 bits per heavy atom. The summed E-state index contributed by atoms with van der Waals surface area (Å²) in [4.78, 5) is 0. The van der Waals surface area contributed by atoms with Crippen LogP contribution >= 0.6 is 43.5 Å². The summed E-state index contributed by atoms with van der Waals surface area (Å²) >= 11 is 13.1. The number of hydrogen-bond donors (Lipinski definition) is 1. The first-order valence-electron chi connectivity index (χ1n) is 6.14. The smallest absolute Gasteiger partial charge is 0.138 e. The van der Waals surface area contributed by atoms with E-state index < -0.39 is 0 Å². The summed E-state index contributed by atoms with van der Waals surface area (Å²) in [6, 6.07) is 9.55. The monoisotopic (exact) mass is 433 g/mol. The second kappa shape index (κ2) is 7.38. The van der Waals surface area contributed by atoms with E-state index in [1.54, 1.807) is 14.2 Å². The fourth-order valence-electron chi connectivity index (χ4n) is 1.95. The molecule has 0 saturated carbocycles. The molecule has 2 aromatic rings. The van der Waals surface area contributed by atoms with E-state index in [1.807, 2.05) is 30.3 Å². The van der Waals surface area contributed by atoms with Crippen molar-refractivity contribution in [3.05, 3.63) is 49.9 Å². The van der Waals surface area contributed by atoms with E-state index in [9.17, 15) is 0 Å². The summed E-state index contributed by atoms with van der Waals surface area (Å²) in [5.74, 6) is 1.47. The lowest BCUT2D eigenvalue weighted by Crippen LogP contribution is -2.02. The third-order valence-electron chi connectivity index (χ3n) is 2.92. The molecular formula is C15H14Br2ClNO2. The zero-order valence-corrected chi connectivity index (χ0v) is 15.5. The molecule has 0 aliphatic rings. The van der Waals surface area contributed by atoms with Crippen molar-refractivity contribution in [2.45, 2.75) is 6.54 Å². The molecule has 0 saturated heterocycles. The van der Waals surface area contributed by atoms with Gasteiger partial charge in [0.1, 0.15) is 11.5 Å². The van der Waals surface area contributed by atoms with Gasteiger partial charge in [-0.05, 0) is 46.3 Å². The molecule has 0 atom stereocenters. The van der Waals surface area contributed by atoms with Crippen LogP contribution in [0, 0.1) is 0 Å². The highest BCUT2D eigenvalue weighted by atomic mass is 79.9. The van der Waals surface area contributed by atoms with E-state index in [0.717, 1.165) is 25.9 Å². The van der Waals surface area contributed by atoms with E-state index in [-0.39, 0.29) is 0 Å². The molecule has 0 radical (unpaired) electrons. The average molecular weight is 436 g/mol. The number of rotatable bonds is 5. The van der Waals surface area contributed by atoms with Crippen LogP contribution in [0.5, 0.6) is 11.5 Å². The molecule has 2 rings (SSSR count). The molecule has 21 heavy (non-hydrogen) atoms. The van der Waals surface area contributed by atoms with Crippen LogP contribution in [0.4, 0.5) is 5.69 Å². The van der Waals surface area contributed by atoms with Crippen LogP contribution in [0.25, 0.3) is 0 Å². The molecule has 6 heteroatoms. The van der Waals surface area contributed by atoms with E-state index in [0.29, 0.717) is 17.3 Å². The summed E-state index contributed by atoms with van der Waals surface area (Å²) in [7, 11) is 3.25. The zero-order valence-electron chi connectivity index (χ0n) is 11.5. The molecule has 112 valence electrons. The maximum absolute atomic E-state index is 6.12. The predicted molar refractivity (Wildman–Crippen MR) is 93.7 cm³/mol. The Balaban J connectivity index is 2.18. The van der Waals surface area contributed by atoms with Crippen molar-refractivity contribution in [1.82, 2.24) is 0 Å².